The van der Waals surface area contributed by atoms with Crippen LogP contribution in [-0.2, 0) is 6.67 Å². The molecule has 0 fully saturated rings. The smallest absolute Gasteiger partial charge is 0.228 e. The predicted molar refractivity (Wildman–Crippen MR) is 75.1 cm³/mol. The molecule has 1 N–H and O–H groups in total. The highest BCUT2D eigenvalue weighted by atomic mass is 16.3. The SMILES string of the molecule is Oc1cc2c3c(ccn3C[N+](c3ccccc3)=C2)c1. The van der Waals surface area contributed by atoms with Gasteiger partial charge in [-0.15, -0.1) is 0 Å². The number of nitrogens with zero attached hydrogens (tertiary/aromatic N) is 2. The first-order valence-electron chi connectivity index (χ1n) is 6.30. The fourth-order valence-corrected chi connectivity index (χ4v) is 2.73. The molecule has 0 atom stereocenters. The lowest BCUT2D eigenvalue weighted by Crippen LogP contribution is -2.18. The number of para-hydroxylation sites is 1. The van der Waals surface area contributed by atoms with Gasteiger partial charge in [-0.05, 0) is 18.2 Å². The third-order valence-corrected chi connectivity index (χ3v) is 3.56. The number of hydrogen-bond acceptors (Lipinski definition) is 1. The van der Waals surface area contributed by atoms with Crippen LogP contribution in [0.15, 0.2) is 54.7 Å². The summed E-state index contributed by atoms with van der Waals surface area (Å²) in [6.07, 6.45) is 4.16. The van der Waals surface area contributed by atoms with Gasteiger partial charge in [-0.25, -0.2) is 0 Å². The molecule has 0 amide bonds. The van der Waals surface area contributed by atoms with Gasteiger partial charge in [0, 0.05) is 23.7 Å². The molecule has 3 heteroatoms. The van der Waals surface area contributed by atoms with Gasteiger partial charge in [0.25, 0.3) is 0 Å². The van der Waals surface area contributed by atoms with Crippen LogP contribution in [0.3, 0.4) is 0 Å². The quantitative estimate of drug-likeness (QED) is 0.659. The van der Waals surface area contributed by atoms with Crippen molar-refractivity contribution < 1.29 is 9.68 Å². The second-order valence-corrected chi connectivity index (χ2v) is 4.83. The number of phenolic OH excluding ortho intramolecular Hbond substituents is 1. The molecule has 3 nitrogen and oxygen atoms in total. The lowest BCUT2D eigenvalue weighted by molar-refractivity contribution is -0.471. The van der Waals surface area contributed by atoms with Crippen LogP contribution >= 0.6 is 0 Å². The van der Waals surface area contributed by atoms with E-state index >= 15 is 0 Å². The van der Waals surface area contributed by atoms with Crippen LogP contribution in [0.1, 0.15) is 5.56 Å². The standard InChI is InChI=1S/C16H12N2O/c19-15-8-12-6-7-17-11-18(10-13(9-15)16(12)17)14-4-2-1-3-5-14/h1-10H,11H2/p+1. The second-order valence-electron chi connectivity index (χ2n) is 4.83. The highest BCUT2D eigenvalue weighted by Gasteiger charge is 2.20. The predicted octanol–water partition coefficient (Wildman–Crippen LogP) is 3.08. The van der Waals surface area contributed by atoms with Crippen molar-refractivity contribution >= 4 is 22.8 Å². The van der Waals surface area contributed by atoms with Crippen LogP contribution in [0.2, 0.25) is 0 Å². The van der Waals surface area contributed by atoms with Gasteiger partial charge in [0.1, 0.15) is 5.75 Å². The number of hydrogen-bond donors (Lipinski definition) is 1. The van der Waals surface area contributed by atoms with Crippen LogP contribution in [0, 0.1) is 0 Å². The molecule has 0 spiro atoms. The minimum atomic E-state index is 0.311. The van der Waals surface area contributed by atoms with Crippen LogP contribution in [0.25, 0.3) is 10.9 Å². The molecule has 1 aromatic heterocycles. The molecule has 0 saturated carbocycles. The summed E-state index contributed by atoms with van der Waals surface area (Å²) in [4.78, 5) is 0. The Balaban J connectivity index is 1.96. The van der Waals surface area contributed by atoms with Crippen LogP contribution < -0.4 is 0 Å². The zero-order valence-electron chi connectivity index (χ0n) is 10.3. The zero-order chi connectivity index (χ0) is 12.8. The van der Waals surface area contributed by atoms with Gasteiger partial charge in [0.05, 0.1) is 11.1 Å². The van der Waals surface area contributed by atoms with Crippen molar-refractivity contribution in [3.63, 3.8) is 0 Å². The topological polar surface area (TPSA) is 28.2 Å². The maximum Gasteiger partial charge on any atom is 0.228 e. The molecule has 0 radical (unpaired) electrons. The largest absolute Gasteiger partial charge is 0.508 e. The van der Waals surface area contributed by atoms with Crippen molar-refractivity contribution in [2.75, 3.05) is 0 Å². The molecule has 0 bridgehead atoms. The van der Waals surface area contributed by atoms with Gasteiger partial charge in [-0.2, -0.15) is 4.58 Å². The third-order valence-electron chi connectivity index (χ3n) is 3.56. The summed E-state index contributed by atoms with van der Waals surface area (Å²) >= 11 is 0. The molecular weight excluding hydrogens is 236 g/mol. The lowest BCUT2D eigenvalue weighted by Gasteiger charge is -2.12. The van der Waals surface area contributed by atoms with E-state index in [-0.39, 0.29) is 0 Å². The van der Waals surface area contributed by atoms with E-state index in [4.69, 9.17) is 0 Å². The van der Waals surface area contributed by atoms with Gasteiger partial charge < -0.3 is 5.11 Å². The second kappa shape index (κ2) is 3.72. The van der Waals surface area contributed by atoms with Crippen molar-refractivity contribution in [3.8, 4) is 5.75 Å². The minimum absolute atomic E-state index is 0.311. The van der Waals surface area contributed by atoms with Crippen molar-refractivity contribution in [1.29, 1.82) is 0 Å². The highest BCUT2D eigenvalue weighted by Crippen LogP contribution is 2.28. The Kier molecular flexibility index (Phi) is 2.03. The summed E-state index contributed by atoms with van der Waals surface area (Å²) in [5.74, 6) is 0.311. The molecule has 19 heavy (non-hydrogen) atoms. The van der Waals surface area contributed by atoms with E-state index in [1.165, 1.54) is 5.52 Å². The molecule has 0 aliphatic carbocycles. The maximum atomic E-state index is 9.78. The number of benzene rings is 2. The van der Waals surface area contributed by atoms with E-state index in [9.17, 15) is 5.11 Å². The van der Waals surface area contributed by atoms with E-state index in [2.05, 4.69) is 33.7 Å². The summed E-state index contributed by atoms with van der Waals surface area (Å²) in [7, 11) is 0. The van der Waals surface area contributed by atoms with Gasteiger partial charge in [-0.1, -0.05) is 18.2 Å². The molecule has 2 heterocycles. The Bertz CT molecular complexity index is 800. The number of aromatic hydroxyl groups is 1. The fraction of sp³-hybridized carbons (Fsp3) is 0.0625. The van der Waals surface area contributed by atoms with Crippen molar-refractivity contribution in [2.24, 2.45) is 0 Å². The van der Waals surface area contributed by atoms with Gasteiger partial charge in [0.15, 0.2) is 6.21 Å². The molecule has 92 valence electrons. The lowest BCUT2D eigenvalue weighted by atomic mass is 10.1. The molecular formula is C16H13N2O+. The molecule has 1 aliphatic heterocycles. The number of aromatic nitrogens is 1. The highest BCUT2D eigenvalue weighted by molar-refractivity contribution is 5.98. The first-order valence-corrected chi connectivity index (χ1v) is 6.30. The summed E-state index contributed by atoms with van der Waals surface area (Å²) < 4.78 is 4.39. The average molecular weight is 249 g/mol. The molecule has 0 unspecified atom stereocenters. The third kappa shape index (κ3) is 1.55. The van der Waals surface area contributed by atoms with Crippen molar-refractivity contribution in [2.45, 2.75) is 6.67 Å². The summed E-state index contributed by atoms with van der Waals surface area (Å²) in [6.45, 7) is 0.797. The summed E-state index contributed by atoms with van der Waals surface area (Å²) in [5.41, 5.74) is 3.39. The summed E-state index contributed by atoms with van der Waals surface area (Å²) in [6, 6.07) is 15.9. The maximum absolute atomic E-state index is 9.78. The zero-order valence-corrected chi connectivity index (χ0v) is 10.3. The fourth-order valence-electron chi connectivity index (χ4n) is 2.73. The average Bonchev–Trinajstić information content (AvgIpc) is 2.83. The Morgan fingerprint density at radius 1 is 1.05 bits per heavy atom. The Morgan fingerprint density at radius 3 is 2.74 bits per heavy atom. The first-order chi connectivity index (χ1) is 9.31. The molecule has 2 aromatic carbocycles. The van der Waals surface area contributed by atoms with E-state index < -0.39 is 0 Å². The van der Waals surface area contributed by atoms with E-state index in [1.807, 2.05) is 30.3 Å². The first kappa shape index (κ1) is 10.4. The molecule has 4 rings (SSSR count). The minimum Gasteiger partial charge on any atom is -0.508 e. The van der Waals surface area contributed by atoms with Crippen LogP contribution in [0.4, 0.5) is 5.69 Å². The van der Waals surface area contributed by atoms with E-state index in [1.54, 1.807) is 6.07 Å². The van der Waals surface area contributed by atoms with E-state index in [0.717, 1.165) is 23.3 Å². The number of phenols is 1. The van der Waals surface area contributed by atoms with Gasteiger partial charge in [-0.3, -0.25) is 4.57 Å². The Morgan fingerprint density at radius 2 is 1.89 bits per heavy atom. The van der Waals surface area contributed by atoms with Crippen molar-refractivity contribution in [3.05, 3.63) is 60.3 Å². The van der Waals surface area contributed by atoms with Crippen LogP contribution in [-0.4, -0.2) is 20.5 Å². The van der Waals surface area contributed by atoms with Gasteiger partial charge in [0.2, 0.25) is 12.4 Å². The normalized spacial score (nSPS) is 13.6. The van der Waals surface area contributed by atoms with Gasteiger partial charge >= 0.3 is 0 Å². The van der Waals surface area contributed by atoms with Crippen molar-refractivity contribution in [1.82, 2.24) is 4.57 Å². The Hall–Kier alpha value is -2.55. The Labute approximate surface area is 110 Å². The van der Waals surface area contributed by atoms with E-state index in [0.29, 0.717) is 5.75 Å². The number of rotatable bonds is 1. The molecule has 3 aromatic rings. The summed E-state index contributed by atoms with van der Waals surface area (Å²) in [5, 5.41) is 10.9. The molecule has 1 aliphatic rings. The molecule has 0 saturated heterocycles. The monoisotopic (exact) mass is 249 g/mol. The van der Waals surface area contributed by atoms with Crippen LogP contribution in [0.5, 0.6) is 5.75 Å².